The number of hydrogen-bond donors (Lipinski definition) is 2. The Balaban J connectivity index is 1.35. The second-order valence-electron chi connectivity index (χ2n) is 6.87. The highest BCUT2D eigenvalue weighted by molar-refractivity contribution is 8.01. The number of amides is 1. The summed E-state index contributed by atoms with van der Waals surface area (Å²) < 4.78 is 0.814. The lowest BCUT2D eigenvalue weighted by Crippen LogP contribution is -2.29. The minimum Gasteiger partial charge on any atom is -0.355 e. The van der Waals surface area contributed by atoms with Crippen molar-refractivity contribution >= 4 is 68.5 Å². The number of carbonyl (C=O) groups is 1. The first-order valence-electron chi connectivity index (χ1n) is 9.84. The fourth-order valence-electron chi connectivity index (χ4n) is 2.80. The number of fused-ring (bicyclic) bond motifs is 1. The Morgan fingerprint density at radius 1 is 1.26 bits per heavy atom. The lowest BCUT2D eigenvalue weighted by molar-refractivity contribution is -0.118. The standard InChI is InChI=1S/C20H24Cl2N6OS2/c1-3-23-19-25-10-16-18(27-19)31-20(26-16)30-12-17(29)24-7-4-8-28(2)11-13-5-6-14(21)15(22)9-13/h5-6,9-10H,3-4,7-8,11-12H2,1-2H3,(H,24,29)(H,23,25,27). The lowest BCUT2D eigenvalue weighted by Gasteiger charge is -2.17. The van der Waals surface area contributed by atoms with Crippen LogP contribution in [0.25, 0.3) is 10.3 Å². The molecule has 0 spiro atoms. The second kappa shape index (κ2) is 11.8. The third kappa shape index (κ3) is 7.47. The predicted molar refractivity (Wildman–Crippen MR) is 131 cm³/mol. The van der Waals surface area contributed by atoms with Crippen LogP contribution in [0.5, 0.6) is 0 Å². The molecule has 0 atom stereocenters. The van der Waals surface area contributed by atoms with E-state index in [2.05, 4.69) is 30.5 Å². The zero-order valence-corrected chi connectivity index (χ0v) is 20.5. The summed E-state index contributed by atoms with van der Waals surface area (Å²) in [6, 6.07) is 5.66. The summed E-state index contributed by atoms with van der Waals surface area (Å²) in [4.78, 5) is 28.3. The van der Waals surface area contributed by atoms with Gasteiger partial charge >= 0.3 is 0 Å². The van der Waals surface area contributed by atoms with Crippen molar-refractivity contribution in [2.75, 3.05) is 37.8 Å². The van der Waals surface area contributed by atoms with E-state index >= 15 is 0 Å². The maximum atomic E-state index is 12.1. The first-order chi connectivity index (χ1) is 14.9. The number of benzene rings is 1. The third-order valence-corrected chi connectivity index (χ3v) is 7.12. The van der Waals surface area contributed by atoms with Gasteiger partial charge in [0.2, 0.25) is 11.9 Å². The maximum absolute atomic E-state index is 12.1. The van der Waals surface area contributed by atoms with Gasteiger partial charge in [0.15, 0.2) is 4.34 Å². The smallest absolute Gasteiger partial charge is 0.230 e. The number of halogens is 2. The molecule has 3 rings (SSSR count). The Hall–Kier alpha value is -1.65. The average Bonchev–Trinajstić information content (AvgIpc) is 3.15. The zero-order chi connectivity index (χ0) is 22.2. The van der Waals surface area contributed by atoms with Crippen LogP contribution in [0.3, 0.4) is 0 Å². The Labute approximate surface area is 200 Å². The molecule has 2 N–H and O–H groups in total. The van der Waals surface area contributed by atoms with Gasteiger partial charge in [-0.3, -0.25) is 4.79 Å². The van der Waals surface area contributed by atoms with Gasteiger partial charge in [-0.15, -0.1) is 0 Å². The van der Waals surface area contributed by atoms with E-state index in [1.807, 2.05) is 32.2 Å². The van der Waals surface area contributed by atoms with E-state index in [-0.39, 0.29) is 5.91 Å². The number of rotatable bonds is 11. The average molecular weight is 499 g/mol. The summed E-state index contributed by atoms with van der Waals surface area (Å²) in [5.41, 5.74) is 1.86. The van der Waals surface area contributed by atoms with Crippen LogP contribution in [0, 0.1) is 0 Å². The zero-order valence-electron chi connectivity index (χ0n) is 17.3. The van der Waals surface area contributed by atoms with Crippen molar-refractivity contribution in [3.8, 4) is 0 Å². The molecule has 0 aliphatic rings. The van der Waals surface area contributed by atoms with E-state index in [4.69, 9.17) is 23.2 Å². The number of thiazole rings is 1. The van der Waals surface area contributed by atoms with Crippen molar-refractivity contribution in [2.45, 2.75) is 24.2 Å². The summed E-state index contributed by atoms with van der Waals surface area (Å²) in [5, 5.41) is 7.17. The molecule has 1 aromatic carbocycles. The van der Waals surface area contributed by atoms with Crippen LogP contribution in [0.4, 0.5) is 5.95 Å². The molecule has 0 saturated carbocycles. The molecule has 2 aromatic heterocycles. The van der Waals surface area contributed by atoms with Gasteiger partial charge in [0, 0.05) is 19.6 Å². The van der Waals surface area contributed by atoms with Crippen molar-refractivity contribution in [3.63, 3.8) is 0 Å². The molecule has 0 aliphatic carbocycles. The Kier molecular flexibility index (Phi) is 9.15. The number of nitrogens with one attached hydrogen (secondary N) is 2. The van der Waals surface area contributed by atoms with Crippen LogP contribution in [0.1, 0.15) is 18.9 Å². The van der Waals surface area contributed by atoms with E-state index in [0.717, 1.165) is 46.3 Å². The summed E-state index contributed by atoms with van der Waals surface area (Å²) in [6.07, 6.45) is 2.56. The molecular weight excluding hydrogens is 475 g/mol. The topological polar surface area (TPSA) is 83.0 Å². The van der Waals surface area contributed by atoms with Crippen LogP contribution in [-0.4, -0.2) is 58.2 Å². The largest absolute Gasteiger partial charge is 0.355 e. The van der Waals surface area contributed by atoms with Gasteiger partial charge in [-0.2, -0.15) is 0 Å². The Bertz CT molecular complexity index is 1030. The molecule has 0 bridgehead atoms. The van der Waals surface area contributed by atoms with E-state index in [1.54, 1.807) is 6.20 Å². The number of carbonyl (C=O) groups excluding carboxylic acids is 1. The molecule has 31 heavy (non-hydrogen) atoms. The molecule has 0 unspecified atom stereocenters. The minimum atomic E-state index is -0.00387. The van der Waals surface area contributed by atoms with Gasteiger partial charge in [-0.1, -0.05) is 52.4 Å². The predicted octanol–water partition coefficient (Wildman–Crippen LogP) is 4.56. The number of nitrogens with zero attached hydrogens (tertiary/aromatic N) is 4. The number of anilines is 1. The van der Waals surface area contributed by atoms with Crippen LogP contribution >= 0.6 is 46.3 Å². The van der Waals surface area contributed by atoms with Crippen LogP contribution in [0.15, 0.2) is 28.7 Å². The molecule has 0 aliphatic heterocycles. The lowest BCUT2D eigenvalue weighted by atomic mass is 10.2. The van der Waals surface area contributed by atoms with Crippen LogP contribution in [-0.2, 0) is 11.3 Å². The van der Waals surface area contributed by atoms with Crippen molar-refractivity contribution in [2.24, 2.45) is 0 Å². The van der Waals surface area contributed by atoms with E-state index in [9.17, 15) is 4.79 Å². The van der Waals surface area contributed by atoms with Gasteiger partial charge in [0.25, 0.3) is 0 Å². The van der Waals surface area contributed by atoms with Gasteiger partial charge in [-0.05, 0) is 44.6 Å². The number of aromatic nitrogens is 3. The quantitative estimate of drug-likeness (QED) is 0.296. The molecule has 166 valence electrons. The summed E-state index contributed by atoms with van der Waals surface area (Å²) in [7, 11) is 2.04. The highest BCUT2D eigenvalue weighted by atomic mass is 35.5. The third-order valence-electron chi connectivity index (χ3n) is 4.27. The van der Waals surface area contributed by atoms with Crippen molar-refractivity contribution < 1.29 is 4.79 Å². The molecule has 1 amide bonds. The first-order valence-corrected chi connectivity index (χ1v) is 12.4. The molecular formula is C20H24Cl2N6OS2. The Morgan fingerprint density at radius 2 is 2.10 bits per heavy atom. The van der Waals surface area contributed by atoms with E-state index in [0.29, 0.717) is 28.3 Å². The van der Waals surface area contributed by atoms with Crippen molar-refractivity contribution in [1.82, 2.24) is 25.2 Å². The first kappa shape index (κ1) is 24.0. The van der Waals surface area contributed by atoms with E-state index < -0.39 is 0 Å². The molecule has 0 saturated heterocycles. The fourth-order valence-corrected chi connectivity index (χ4v) is 4.94. The Morgan fingerprint density at radius 3 is 2.87 bits per heavy atom. The molecule has 3 aromatic rings. The maximum Gasteiger partial charge on any atom is 0.230 e. The van der Waals surface area contributed by atoms with Crippen LogP contribution in [0.2, 0.25) is 10.0 Å². The monoisotopic (exact) mass is 498 g/mol. The minimum absolute atomic E-state index is 0.00387. The van der Waals surface area contributed by atoms with Gasteiger partial charge in [0.05, 0.1) is 22.0 Å². The SMILES string of the molecule is CCNc1ncc2nc(SCC(=O)NCCCN(C)Cc3ccc(Cl)c(Cl)c3)sc2n1. The normalized spacial score (nSPS) is 11.3. The molecule has 0 fully saturated rings. The van der Waals surface area contributed by atoms with Gasteiger partial charge in [-0.25, -0.2) is 15.0 Å². The van der Waals surface area contributed by atoms with Crippen molar-refractivity contribution in [1.29, 1.82) is 0 Å². The van der Waals surface area contributed by atoms with Gasteiger partial charge in [0.1, 0.15) is 10.3 Å². The molecule has 2 heterocycles. The molecule has 7 nitrogen and oxygen atoms in total. The van der Waals surface area contributed by atoms with E-state index in [1.165, 1.54) is 23.1 Å². The summed E-state index contributed by atoms with van der Waals surface area (Å²) in [5.74, 6) is 0.916. The van der Waals surface area contributed by atoms with Crippen LogP contribution < -0.4 is 10.6 Å². The highest BCUT2D eigenvalue weighted by Gasteiger charge is 2.10. The second-order valence-corrected chi connectivity index (χ2v) is 9.89. The highest BCUT2D eigenvalue weighted by Crippen LogP contribution is 2.28. The molecule has 11 heteroatoms. The van der Waals surface area contributed by atoms with Gasteiger partial charge < -0.3 is 15.5 Å². The van der Waals surface area contributed by atoms with Crippen molar-refractivity contribution in [3.05, 3.63) is 40.0 Å². The number of hydrogen-bond acceptors (Lipinski definition) is 8. The number of thioether (sulfide) groups is 1. The summed E-state index contributed by atoms with van der Waals surface area (Å²) >= 11 is 14.9. The summed E-state index contributed by atoms with van der Waals surface area (Å²) in [6.45, 7) is 5.02. The molecule has 0 radical (unpaired) electrons. The fraction of sp³-hybridized carbons (Fsp3) is 0.400.